The van der Waals surface area contributed by atoms with E-state index in [-0.39, 0.29) is 5.82 Å². The summed E-state index contributed by atoms with van der Waals surface area (Å²) in [5.74, 6) is 0.0941. The maximum Gasteiger partial charge on any atom is 0.123 e. The van der Waals surface area contributed by atoms with Gasteiger partial charge in [-0.1, -0.05) is 12.1 Å². The zero-order valence-electron chi connectivity index (χ0n) is 9.19. The molecule has 0 saturated carbocycles. The number of fused-ring (bicyclic) bond motifs is 3. The van der Waals surface area contributed by atoms with Crippen LogP contribution in [0.3, 0.4) is 0 Å². The Labute approximate surface area is 94.7 Å². The second-order valence-corrected chi connectivity index (χ2v) is 4.98. The SMILES string of the molecule is OC1(c2ccc(F)cc2)CN2CCC1CC2. The third-order valence-electron chi connectivity index (χ3n) is 4.07. The second-order valence-electron chi connectivity index (χ2n) is 4.98. The zero-order chi connectivity index (χ0) is 11.2. The van der Waals surface area contributed by atoms with Gasteiger partial charge in [0.05, 0.1) is 0 Å². The van der Waals surface area contributed by atoms with Crippen molar-refractivity contribution in [1.82, 2.24) is 4.90 Å². The number of hydrogen-bond acceptors (Lipinski definition) is 2. The van der Waals surface area contributed by atoms with E-state index in [4.69, 9.17) is 0 Å². The van der Waals surface area contributed by atoms with Crippen LogP contribution >= 0.6 is 0 Å². The number of nitrogens with zero attached hydrogens (tertiary/aromatic N) is 1. The molecule has 3 aliphatic rings. The number of aliphatic hydroxyl groups is 1. The molecule has 1 N–H and O–H groups in total. The van der Waals surface area contributed by atoms with Gasteiger partial charge in [-0.05, 0) is 49.5 Å². The van der Waals surface area contributed by atoms with Crippen molar-refractivity contribution in [3.8, 4) is 0 Å². The number of piperidine rings is 3. The molecule has 3 heteroatoms. The molecule has 3 aliphatic heterocycles. The first-order chi connectivity index (χ1) is 7.68. The highest BCUT2D eigenvalue weighted by Gasteiger charge is 2.46. The molecule has 1 atom stereocenters. The largest absolute Gasteiger partial charge is 0.384 e. The summed E-state index contributed by atoms with van der Waals surface area (Å²) in [6.07, 6.45) is 2.10. The molecule has 0 radical (unpaired) electrons. The van der Waals surface area contributed by atoms with E-state index in [0.717, 1.165) is 31.5 Å². The molecule has 4 rings (SSSR count). The molecule has 0 aromatic heterocycles. The number of halogens is 1. The van der Waals surface area contributed by atoms with Crippen LogP contribution < -0.4 is 0 Å². The fraction of sp³-hybridized carbons (Fsp3) is 0.538. The van der Waals surface area contributed by atoms with Crippen molar-refractivity contribution < 1.29 is 9.50 Å². The lowest BCUT2D eigenvalue weighted by Crippen LogP contribution is -2.57. The first kappa shape index (κ1) is 10.2. The van der Waals surface area contributed by atoms with Crippen molar-refractivity contribution in [2.24, 2.45) is 5.92 Å². The molecular formula is C13H16FNO. The maximum atomic E-state index is 12.9. The number of benzene rings is 1. The molecule has 1 aromatic rings. The van der Waals surface area contributed by atoms with Crippen LogP contribution in [-0.2, 0) is 5.60 Å². The Balaban J connectivity index is 1.95. The van der Waals surface area contributed by atoms with Gasteiger partial charge < -0.3 is 10.0 Å². The maximum absolute atomic E-state index is 12.9. The van der Waals surface area contributed by atoms with Crippen LogP contribution in [0.4, 0.5) is 4.39 Å². The van der Waals surface area contributed by atoms with Crippen molar-refractivity contribution in [2.75, 3.05) is 19.6 Å². The summed E-state index contributed by atoms with van der Waals surface area (Å²) >= 11 is 0. The highest BCUT2D eigenvalue weighted by atomic mass is 19.1. The smallest absolute Gasteiger partial charge is 0.123 e. The molecule has 86 valence electrons. The Morgan fingerprint density at radius 3 is 2.31 bits per heavy atom. The summed E-state index contributed by atoms with van der Waals surface area (Å²) in [6, 6.07) is 6.31. The van der Waals surface area contributed by atoms with Crippen LogP contribution in [0, 0.1) is 11.7 Å². The summed E-state index contributed by atoms with van der Waals surface area (Å²) < 4.78 is 12.9. The van der Waals surface area contributed by atoms with Gasteiger partial charge in [-0.25, -0.2) is 4.39 Å². The first-order valence-electron chi connectivity index (χ1n) is 5.89. The molecule has 2 bridgehead atoms. The lowest BCUT2D eigenvalue weighted by molar-refractivity contribution is -0.117. The average Bonchev–Trinajstić information content (AvgIpc) is 2.31. The molecule has 0 aliphatic carbocycles. The van der Waals surface area contributed by atoms with Gasteiger partial charge in [-0.2, -0.15) is 0 Å². The van der Waals surface area contributed by atoms with Gasteiger partial charge in [0.15, 0.2) is 0 Å². The lowest BCUT2D eigenvalue weighted by Gasteiger charge is -2.50. The predicted molar refractivity (Wildman–Crippen MR) is 59.5 cm³/mol. The van der Waals surface area contributed by atoms with E-state index in [9.17, 15) is 9.50 Å². The normalized spacial score (nSPS) is 37.6. The van der Waals surface area contributed by atoms with Crippen molar-refractivity contribution in [2.45, 2.75) is 18.4 Å². The van der Waals surface area contributed by atoms with E-state index in [1.165, 1.54) is 12.1 Å². The van der Waals surface area contributed by atoms with E-state index < -0.39 is 5.60 Å². The highest BCUT2D eigenvalue weighted by Crippen LogP contribution is 2.42. The molecule has 3 heterocycles. The second kappa shape index (κ2) is 3.54. The Bertz CT molecular complexity index is 383. The molecule has 2 nitrogen and oxygen atoms in total. The minimum atomic E-state index is -0.760. The van der Waals surface area contributed by atoms with Crippen molar-refractivity contribution in [3.63, 3.8) is 0 Å². The Morgan fingerprint density at radius 2 is 1.81 bits per heavy atom. The average molecular weight is 221 g/mol. The third-order valence-corrected chi connectivity index (χ3v) is 4.07. The number of hydrogen-bond donors (Lipinski definition) is 1. The van der Waals surface area contributed by atoms with Gasteiger partial charge in [0.1, 0.15) is 11.4 Å². The Hall–Kier alpha value is -0.930. The van der Waals surface area contributed by atoms with E-state index in [1.54, 1.807) is 12.1 Å². The fourth-order valence-electron chi connectivity index (χ4n) is 3.10. The molecule has 0 spiro atoms. The highest BCUT2D eigenvalue weighted by molar-refractivity contribution is 5.26. The molecule has 3 fully saturated rings. The van der Waals surface area contributed by atoms with Gasteiger partial charge in [0.2, 0.25) is 0 Å². The van der Waals surface area contributed by atoms with E-state index in [2.05, 4.69) is 4.90 Å². The standard InChI is InChI=1S/C13H16FNO/c14-12-3-1-10(2-4-12)13(16)9-15-7-5-11(13)6-8-15/h1-4,11,16H,5-9H2. The van der Waals surface area contributed by atoms with Crippen LogP contribution in [0.2, 0.25) is 0 Å². The van der Waals surface area contributed by atoms with Gasteiger partial charge in [0.25, 0.3) is 0 Å². The fourth-order valence-corrected chi connectivity index (χ4v) is 3.10. The predicted octanol–water partition coefficient (Wildman–Crippen LogP) is 1.74. The molecule has 16 heavy (non-hydrogen) atoms. The van der Waals surface area contributed by atoms with Gasteiger partial charge in [-0.15, -0.1) is 0 Å². The summed E-state index contributed by atoms with van der Waals surface area (Å²) in [4.78, 5) is 2.29. The van der Waals surface area contributed by atoms with Gasteiger partial charge in [-0.3, -0.25) is 0 Å². The quantitative estimate of drug-likeness (QED) is 0.780. The summed E-state index contributed by atoms with van der Waals surface area (Å²) in [7, 11) is 0. The van der Waals surface area contributed by atoms with Crippen LogP contribution in [0.5, 0.6) is 0 Å². The minimum absolute atomic E-state index is 0.242. The van der Waals surface area contributed by atoms with Crippen LogP contribution in [-0.4, -0.2) is 29.6 Å². The molecule has 3 saturated heterocycles. The summed E-state index contributed by atoms with van der Waals surface area (Å²) in [6.45, 7) is 2.88. The van der Waals surface area contributed by atoms with Crippen LogP contribution in [0.15, 0.2) is 24.3 Å². The van der Waals surface area contributed by atoms with E-state index >= 15 is 0 Å². The molecule has 0 amide bonds. The van der Waals surface area contributed by atoms with Gasteiger partial charge in [0, 0.05) is 6.54 Å². The van der Waals surface area contributed by atoms with Gasteiger partial charge >= 0.3 is 0 Å². The zero-order valence-corrected chi connectivity index (χ0v) is 9.19. The van der Waals surface area contributed by atoms with Crippen molar-refractivity contribution in [3.05, 3.63) is 35.6 Å². The molecule has 1 unspecified atom stereocenters. The Morgan fingerprint density at radius 1 is 1.19 bits per heavy atom. The van der Waals surface area contributed by atoms with Crippen LogP contribution in [0.25, 0.3) is 0 Å². The summed E-state index contributed by atoms with van der Waals surface area (Å²) in [5, 5.41) is 10.8. The van der Waals surface area contributed by atoms with Crippen LogP contribution in [0.1, 0.15) is 18.4 Å². The Kier molecular flexibility index (Phi) is 2.26. The van der Waals surface area contributed by atoms with Crippen molar-refractivity contribution >= 4 is 0 Å². The number of rotatable bonds is 1. The minimum Gasteiger partial charge on any atom is -0.384 e. The first-order valence-corrected chi connectivity index (χ1v) is 5.89. The van der Waals surface area contributed by atoms with Crippen molar-refractivity contribution in [1.29, 1.82) is 0 Å². The monoisotopic (exact) mass is 221 g/mol. The summed E-state index contributed by atoms with van der Waals surface area (Å²) in [5.41, 5.74) is 0.104. The topological polar surface area (TPSA) is 23.5 Å². The molecule has 1 aromatic carbocycles. The van der Waals surface area contributed by atoms with E-state index in [0.29, 0.717) is 12.5 Å². The molecular weight excluding hydrogens is 205 g/mol. The third kappa shape index (κ3) is 1.46. The lowest BCUT2D eigenvalue weighted by atomic mass is 9.72. The van der Waals surface area contributed by atoms with E-state index in [1.807, 2.05) is 0 Å².